The van der Waals surface area contributed by atoms with Gasteiger partial charge in [0.25, 0.3) is 0 Å². The van der Waals surface area contributed by atoms with Gasteiger partial charge >= 0.3 is 0 Å². The maximum atomic E-state index is 13.3. The third kappa shape index (κ3) is 3.06. The highest BCUT2D eigenvalue weighted by atomic mass is 19.1. The highest BCUT2D eigenvalue weighted by molar-refractivity contribution is 5.29. The Hall–Kier alpha value is -0.890. The highest BCUT2D eigenvalue weighted by Crippen LogP contribution is 2.33. The molecule has 0 spiro atoms. The van der Waals surface area contributed by atoms with Crippen LogP contribution in [0.4, 0.5) is 4.39 Å². The Labute approximate surface area is 103 Å². The minimum atomic E-state index is -0.128. The molecule has 1 fully saturated rings. The summed E-state index contributed by atoms with van der Waals surface area (Å²) in [4.78, 5) is 0. The van der Waals surface area contributed by atoms with Crippen LogP contribution < -0.4 is 5.32 Å². The summed E-state index contributed by atoms with van der Waals surface area (Å²) in [6.07, 6.45) is 6.55. The number of hydrogen-bond donors (Lipinski definition) is 1. The van der Waals surface area contributed by atoms with Crippen LogP contribution in [0.5, 0.6) is 0 Å². The van der Waals surface area contributed by atoms with E-state index in [4.69, 9.17) is 0 Å². The molecular formula is C15H22FN. The maximum absolute atomic E-state index is 13.3. The topological polar surface area (TPSA) is 12.0 Å². The van der Waals surface area contributed by atoms with Gasteiger partial charge in [-0.2, -0.15) is 0 Å². The van der Waals surface area contributed by atoms with E-state index in [1.165, 1.54) is 31.2 Å². The summed E-state index contributed by atoms with van der Waals surface area (Å²) in [5.74, 6) is 0.687. The molecule has 0 saturated heterocycles. The fourth-order valence-electron chi connectivity index (χ4n) is 2.97. The smallest absolute Gasteiger partial charge is 0.123 e. The van der Waals surface area contributed by atoms with Gasteiger partial charge in [-0.25, -0.2) is 4.39 Å². The van der Waals surface area contributed by atoms with Gasteiger partial charge in [-0.15, -0.1) is 0 Å². The first-order valence-electron chi connectivity index (χ1n) is 6.64. The first-order valence-corrected chi connectivity index (χ1v) is 6.64. The molecule has 1 unspecified atom stereocenters. The Bertz CT molecular complexity index is 369. The Morgan fingerprint density at radius 1 is 1.35 bits per heavy atom. The van der Waals surface area contributed by atoms with E-state index in [9.17, 15) is 4.39 Å². The Morgan fingerprint density at radius 3 is 2.71 bits per heavy atom. The van der Waals surface area contributed by atoms with Crippen molar-refractivity contribution in [2.24, 2.45) is 5.92 Å². The monoisotopic (exact) mass is 235 g/mol. The van der Waals surface area contributed by atoms with Crippen LogP contribution in [-0.4, -0.2) is 7.05 Å². The summed E-state index contributed by atoms with van der Waals surface area (Å²) in [6, 6.07) is 5.41. The molecule has 2 rings (SSSR count). The molecule has 0 amide bonds. The van der Waals surface area contributed by atoms with E-state index >= 15 is 0 Å². The molecule has 1 aliphatic carbocycles. The van der Waals surface area contributed by atoms with Gasteiger partial charge < -0.3 is 5.32 Å². The van der Waals surface area contributed by atoms with Crippen molar-refractivity contribution < 1.29 is 4.39 Å². The van der Waals surface area contributed by atoms with Crippen LogP contribution in [0.25, 0.3) is 0 Å². The van der Waals surface area contributed by atoms with Gasteiger partial charge in [0, 0.05) is 6.04 Å². The average Bonchev–Trinajstić information content (AvgIpc) is 2.82. The van der Waals surface area contributed by atoms with E-state index in [1.807, 2.05) is 13.1 Å². The molecule has 1 atom stereocenters. The molecule has 1 aromatic rings. The Kier molecular flexibility index (Phi) is 4.16. The lowest BCUT2D eigenvalue weighted by Gasteiger charge is -2.22. The van der Waals surface area contributed by atoms with Crippen molar-refractivity contribution in [1.82, 2.24) is 5.32 Å². The molecule has 0 aliphatic heterocycles. The molecule has 0 bridgehead atoms. The van der Waals surface area contributed by atoms with Crippen molar-refractivity contribution in [1.29, 1.82) is 0 Å². The first-order chi connectivity index (χ1) is 8.20. The van der Waals surface area contributed by atoms with Crippen LogP contribution >= 0.6 is 0 Å². The second-order valence-electron chi connectivity index (χ2n) is 5.23. The summed E-state index contributed by atoms with van der Waals surface area (Å²) < 4.78 is 13.3. The van der Waals surface area contributed by atoms with Crippen molar-refractivity contribution in [3.05, 3.63) is 35.1 Å². The molecule has 1 aliphatic rings. The number of benzene rings is 1. The zero-order chi connectivity index (χ0) is 12.3. The minimum Gasteiger partial charge on any atom is -0.313 e. The molecule has 1 saturated carbocycles. The fraction of sp³-hybridized carbons (Fsp3) is 0.600. The van der Waals surface area contributed by atoms with Gasteiger partial charge in [0.15, 0.2) is 0 Å². The van der Waals surface area contributed by atoms with Gasteiger partial charge in [-0.3, -0.25) is 0 Å². The highest BCUT2D eigenvalue weighted by Gasteiger charge is 2.21. The Balaban J connectivity index is 2.13. The van der Waals surface area contributed by atoms with Crippen LogP contribution in [0.2, 0.25) is 0 Å². The standard InChI is InChI=1S/C15H22FN/c1-11-7-8-13(16)10-14(11)15(17-2)9-12-5-3-4-6-12/h7-8,10,12,15,17H,3-6,9H2,1-2H3. The minimum absolute atomic E-state index is 0.128. The summed E-state index contributed by atoms with van der Waals surface area (Å²) >= 11 is 0. The Morgan fingerprint density at radius 2 is 2.06 bits per heavy atom. The molecule has 1 aromatic carbocycles. The molecule has 0 radical (unpaired) electrons. The molecule has 0 heterocycles. The largest absolute Gasteiger partial charge is 0.313 e. The van der Waals surface area contributed by atoms with Crippen LogP contribution in [0.1, 0.15) is 49.3 Å². The van der Waals surface area contributed by atoms with Crippen molar-refractivity contribution in [3.63, 3.8) is 0 Å². The quantitative estimate of drug-likeness (QED) is 0.832. The maximum Gasteiger partial charge on any atom is 0.123 e. The molecule has 17 heavy (non-hydrogen) atoms. The van der Waals surface area contributed by atoms with Crippen molar-refractivity contribution in [2.45, 2.75) is 45.1 Å². The van der Waals surface area contributed by atoms with E-state index in [1.54, 1.807) is 12.1 Å². The third-order valence-corrected chi connectivity index (χ3v) is 4.01. The third-order valence-electron chi connectivity index (χ3n) is 4.01. The molecular weight excluding hydrogens is 213 g/mol. The van der Waals surface area contributed by atoms with Gasteiger partial charge in [0.2, 0.25) is 0 Å². The number of rotatable bonds is 4. The van der Waals surface area contributed by atoms with Gasteiger partial charge in [-0.05, 0) is 49.6 Å². The van der Waals surface area contributed by atoms with Crippen LogP contribution in [-0.2, 0) is 0 Å². The summed E-state index contributed by atoms with van der Waals surface area (Å²) in [6.45, 7) is 2.06. The predicted molar refractivity (Wildman–Crippen MR) is 69.5 cm³/mol. The lowest BCUT2D eigenvalue weighted by atomic mass is 9.91. The zero-order valence-corrected chi connectivity index (χ0v) is 10.8. The summed E-state index contributed by atoms with van der Waals surface area (Å²) in [7, 11) is 1.98. The van der Waals surface area contributed by atoms with Gasteiger partial charge in [0.05, 0.1) is 0 Å². The molecule has 1 N–H and O–H groups in total. The normalized spacial score (nSPS) is 18.5. The van der Waals surface area contributed by atoms with Crippen LogP contribution in [0, 0.1) is 18.7 Å². The predicted octanol–water partition coefficient (Wildman–Crippen LogP) is 3.97. The number of halogens is 1. The summed E-state index contributed by atoms with van der Waals surface area (Å²) in [5.41, 5.74) is 2.31. The van der Waals surface area contributed by atoms with E-state index in [0.29, 0.717) is 6.04 Å². The second-order valence-corrected chi connectivity index (χ2v) is 5.23. The summed E-state index contributed by atoms with van der Waals surface area (Å²) in [5, 5.41) is 3.35. The SMILES string of the molecule is CNC(CC1CCCC1)c1cc(F)ccc1C. The fourth-order valence-corrected chi connectivity index (χ4v) is 2.97. The van der Waals surface area contributed by atoms with E-state index in [-0.39, 0.29) is 5.82 Å². The average molecular weight is 235 g/mol. The van der Waals surface area contributed by atoms with Gasteiger partial charge in [-0.1, -0.05) is 31.7 Å². The van der Waals surface area contributed by atoms with E-state index < -0.39 is 0 Å². The van der Waals surface area contributed by atoms with E-state index in [2.05, 4.69) is 12.2 Å². The van der Waals surface area contributed by atoms with E-state index in [0.717, 1.165) is 17.9 Å². The number of hydrogen-bond acceptors (Lipinski definition) is 1. The van der Waals surface area contributed by atoms with Gasteiger partial charge in [0.1, 0.15) is 5.82 Å². The number of aryl methyl sites for hydroxylation is 1. The lowest BCUT2D eigenvalue weighted by Crippen LogP contribution is -2.20. The first kappa shape index (κ1) is 12.6. The van der Waals surface area contributed by atoms with Crippen LogP contribution in [0.15, 0.2) is 18.2 Å². The van der Waals surface area contributed by atoms with Crippen molar-refractivity contribution >= 4 is 0 Å². The number of nitrogens with one attached hydrogen (secondary N) is 1. The van der Waals surface area contributed by atoms with Crippen LogP contribution in [0.3, 0.4) is 0 Å². The molecule has 94 valence electrons. The van der Waals surface area contributed by atoms with Crippen molar-refractivity contribution in [2.75, 3.05) is 7.05 Å². The van der Waals surface area contributed by atoms with Crippen molar-refractivity contribution in [3.8, 4) is 0 Å². The molecule has 2 heteroatoms. The lowest BCUT2D eigenvalue weighted by molar-refractivity contribution is 0.411. The zero-order valence-electron chi connectivity index (χ0n) is 10.8. The molecule has 1 nitrogen and oxygen atoms in total. The second kappa shape index (κ2) is 5.63. The molecule has 0 aromatic heterocycles.